The van der Waals surface area contributed by atoms with E-state index in [0.717, 1.165) is 56.5 Å². The van der Waals surface area contributed by atoms with E-state index in [1.54, 1.807) is 17.7 Å². The first-order valence-electron chi connectivity index (χ1n) is 7.50. The molecule has 0 spiro atoms. The van der Waals surface area contributed by atoms with Crippen LogP contribution >= 0.6 is 11.3 Å². The third kappa shape index (κ3) is 3.33. The minimum Gasteiger partial charge on any atom is -0.379 e. The highest BCUT2D eigenvalue weighted by atomic mass is 32.1. The lowest BCUT2D eigenvalue weighted by atomic mass is 10.2. The molecule has 1 N–H and O–H groups in total. The summed E-state index contributed by atoms with van der Waals surface area (Å²) in [6.45, 7) is 10.2. The summed E-state index contributed by atoms with van der Waals surface area (Å²) >= 11 is 1.74. The predicted octanol–water partition coefficient (Wildman–Crippen LogP) is 2.44. The summed E-state index contributed by atoms with van der Waals surface area (Å²) < 4.78 is 5.37. The average molecular weight is 306 g/mol. The normalized spacial score (nSPS) is 16.5. The second kappa shape index (κ2) is 6.68. The van der Waals surface area contributed by atoms with Crippen molar-refractivity contribution in [3.63, 3.8) is 0 Å². The summed E-state index contributed by atoms with van der Waals surface area (Å²) in [5.41, 5.74) is 1.30. The third-order valence-electron chi connectivity index (χ3n) is 4.01. The molecule has 0 amide bonds. The fraction of sp³-hybridized carbons (Fsp3) is 0.600. The Labute approximate surface area is 129 Å². The van der Waals surface area contributed by atoms with E-state index in [0.29, 0.717) is 0 Å². The number of aryl methyl sites for hydroxylation is 2. The average Bonchev–Trinajstić information content (AvgIpc) is 2.80. The van der Waals surface area contributed by atoms with Crippen LogP contribution in [0.2, 0.25) is 0 Å². The van der Waals surface area contributed by atoms with Gasteiger partial charge in [-0.15, -0.1) is 11.3 Å². The number of hydrogen-bond acceptors (Lipinski definition) is 6. The van der Waals surface area contributed by atoms with Crippen molar-refractivity contribution in [2.24, 2.45) is 0 Å². The van der Waals surface area contributed by atoms with Crippen molar-refractivity contribution in [1.82, 2.24) is 14.9 Å². The fourth-order valence-corrected chi connectivity index (χ4v) is 3.65. The second-order valence-corrected chi connectivity index (χ2v) is 6.62. The summed E-state index contributed by atoms with van der Waals surface area (Å²) in [7, 11) is 0. The Morgan fingerprint density at radius 3 is 2.90 bits per heavy atom. The molecule has 0 atom stereocenters. The molecule has 2 aromatic heterocycles. The highest BCUT2D eigenvalue weighted by Gasteiger charge is 2.12. The Hall–Kier alpha value is -1.24. The van der Waals surface area contributed by atoms with Gasteiger partial charge in [-0.3, -0.25) is 4.90 Å². The van der Waals surface area contributed by atoms with Crippen LogP contribution in [0, 0.1) is 13.8 Å². The van der Waals surface area contributed by atoms with Gasteiger partial charge in [-0.05, 0) is 32.4 Å². The molecule has 3 rings (SSSR count). The standard InChI is InChI=1S/C15H22N4OS/c1-11-12(2)21-15-13(11)14(17-10-18-15)16-4-3-5-19-6-8-20-9-7-19/h10H,3-9H2,1-2H3,(H,16,17,18). The number of fused-ring (bicyclic) bond motifs is 1. The van der Waals surface area contributed by atoms with Gasteiger partial charge in [0.25, 0.3) is 0 Å². The van der Waals surface area contributed by atoms with Gasteiger partial charge in [0.05, 0.1) is 18.6 Å². The minimum atomic E-state index is 0.868. The fourth-order valence-electron chi connectivity index (χ4n) is 2.65. The maximum absolute atomic E-state index is 5.37. The molecule has 0 unspecified atom stereocenters. The van der Waals surface area contributed by atoms with Gasteiger partial charge in [0, 0.05) is 24.5 Å². The van der Waals surface area contributed by atoms with Crippen molar-refractivity contribution >= 4 is 27.4 Å². The van der Waals surface area contributed by atoms with Gasteiger partial charge < -0.3 is 10.1 Å². The lowest BCUT2D eigenvalue weighted by Crippen LogP contribution is -2.37. The predicted molar refractivity (Wildman–Crippen MR) is 87.3 cm³/mol. The van der Waals surface area contributed by atoms with Gasteiger partial charge in [-0.1, -0.05) is 0 Å². The van der Waals surface area contributed by atoms with Crippen molar-refractivity contribution in [1.29, 1.82) is 0 Å². The number of rotatable bonds is 5. The van der Waals surface area contributed by atoms with Gasteiger partial charge in [0.1, 0.15) is 17.0 Å². The number of nitrogens with zero attached hydrogens (tertiary/aromatic N) is 3. The van der Waals surface area contributed by atoms with Gasteiger partial charge in [-0.25, -0.2) is 9.97 Å². The van der Waals surface area contributed by atoms with Gasteiger partial charge in [0.2, 0.25) is 0 Å². The molecule has 1 aliphatic heterocycles. The number of thiophene rings is 1. The number of anilines is 1. The molecule has 21 heavy (non-hydrogen) atoms. The van der Waals surface area contributed by atoms with E-state index < -0.39 is 0 Å². The molecule has 0 bridgehead atoms. The van der Waals surface area contributed by atoms with Crippen LogP contribution in [0.15, 0.2) is 6.33 Å². The number of morpholine rings is 1. The van der Waals surface area contributed by atoms with E-state index in [1.807, 2.05) is 0 Å². The first kappa shape index (κ1) is 14.7. The molecule has 0 aliphatic carbocycles. The Kier molecular flexibility index (Phi) is 4.67. The van der Waals surface area contributed by atoms with E-state index >= 15 is 0 Å². The highest BCUT2D eigenvalue weighted by Crippen LogP contribution is 2.32. The topological polar surface area (TPSA) is 50.3 Å². The van der Waals surface area contributed by atoms with Crippen LogP contribution in [0.3, 0.4) is 0 Å². The molecule has 3 heterocycles. The molecule has 1 saturated heterocycles. The number of nitrogens with one attached hydrogen (secondary N) is 1. The van der Waals surface area contributed by atoms with Crippen molar-refractivity contribution in [3.8, 4) is 0 Å². The molecule has 5 nitrogen and oxygen atoms in total. The summed E-state index contributed by atoms with van der Waals surface area (Å²) in [5.74, 6) is 0.976. The van der Waals surface area contributed by atoms with Crippen molar-refractivity contribution in [3.05, 3.63) is 16.8 Å². The van der Waals surface area contributed by atoms with Gasteiger partial charge in [0.15, 0.2) is 0 Å². The summed E-state index contributed by atoms with van der Waals surface area (Å²) in [6.07, 6.45) is 2.77. The maximum Gasteiger partial charge on any atom is 0.138 e. The first-order valence-corrected chi connectivity index (χ1v) is 8.32. The molecule has 114 valence electrons. The van der Waals surface area contributed by atoms with E-state index in [9.17, 15) is 0 Å². The summed E-state index contributed by atoms with van der Waals surface area (Å²) in [4.78, 5) is 13.6. The Bertz CT molecular complexity index is 607. The maximum atomic E-state index is 5.37. The monoisotopic (exact) mass is 306 g/mol. The second-order valence-electron chi connectivity index (χ2n) is 5.42. The van der Waals surface area contributed by atoms with E-state index in [4.69, 9.17) is 4.74 Å². The lowest BCUT2D eigenvalue weighted by Gasteiger charge is -2.26. The smallest absolute Gasteiger partial charge is 0.138 e. The zero-order valence-corrected chi connectivity index (χ0v) is 13.5. The quantitative estimate of drug-likeness (QED) is 0.860. The highest BCUT2D eigenvalue weighted by molar-refractivity contribution is 7.18. The zero-order valence-electron chi connectivity index (χ0n) is 12.7. The summed E-state index contributed by atoms with van der Waals surface area (Å²) in [5, 5.41) is 4.67. The largest absolute Gasteiger partial charge is 0.379 e. The molecule has 0 radical (unpaired) electrons. The summed E-state index contributed by atoms with van der Waals surface area (Å²) in [6, 6.07) is 0. The van der Waals surface area contributed by atoms with E-state index in [-0.39, 0.29) is 0 Å². The Morgan fingerprint density at radius 1 is 1.29 bits per heavy atom. The molecule has 1 aliphatic rings. The van der Waals surface area contributed by atoms with Crippen LogP contribution in [-0.2, 0) is 4.74 Å². The van der Waals surface area contributed by atoms with Crippen molar-refractivity contribution < 1.29 is 4.74 Å². The molecular formula is C15H22N4OS. The Balaban J connectivity index is 1.58. The Morgan fingerprint density at radius 2 is 2.10 bits per heavy atom. The molecule has 2 aromatic rings. The number of aromatic nitrogens is 2. The van der Waals surface area contributed by atoms with E-state index in [2.05, 4.69) is 34.0 Å². The lowest BCUT2D eigenvalue weighted by molar-refractivity contribution is 0.0378. The van der Waals surface area contributed by atoms with Crippen molar-refractivity contribution in [2.45, 2.75) is 20.3 Å². The van der Waals surface area contributed by atoms with Crippen LogP contribution in [0.1, 0.15) is 16.9 Å². The van der Waals surface area contributed by atoms with Gasteiger partial charge >= 0.3 is 0 Å². The molecular weight excluding hydrogens is 284 g/mol. The molecule has 0 aromatic carbocycles. The van der Waals surface area contributed by atoms with Crippen LogP contribution in [0.4, 0.5) is 5.82 Å². The third-order valence-corrected chi connectivity index (χ3v) is 5.13. The first-order chi connectivity index (χ1) is 10.3. The van der Waals surface area contributed by atoms with Crippen LogP contribution in [0.5, 0.6) is 0 Å². The zero-order chi connectivity index (χ0) is 14.7. The minimum absolute atomic E-state index is 0.868. The SMILES string of the molecule is Cc1sc2ncnc(NCCCN3CCOCC3)c2c1C. The number of hydrogen-bond donors (Lipinski definition) is 1. The molecule has 6 heteroatoms. The van der Waals surface area contributed by atoms with Gasteiger partial charge in [-0.2, -0.15) is 0 Å². The van der Waals surface area contributed by atoms with Crippen LogP contribution in [0.25, 0.3) is 10.2 Å². The van der Waals surface area contributed by atoms with Crippen LogP contribution in [-0.4, -0.2) is 54.3 Å². The van der Waals surface area contributed by atoms with E-state index in [1.165, 1.54) is 15.8 Å². The number of ether oxygens (including phenoxy) is 1. The van der Waals surface area contributed by atoms with Crippen molar-refractivity contribution in [2.75, 3.05) is 44.7 Å². The van der Waals surface area contributed by atoms with Crippen LogP contribution < -0.4 is 5.32 Å². The molecule has 1 fully saturated rings. The molecule has 0 saturated carbocycles.